The number of alkyl halides is 3. The molecule has 2 rings (SSSR count). The van der Waals surface area contributed by atoms with Gasteiger partial charge in [-0.1, -0.05) is 0 Å². The van der Waals surface area contributed by atoms with Crippen LogP contribution >= 0.6 is 0 Å². The van der Waals surface area contributed by atoms with E-state index in [2.05, 4.69) is 10.3 Å². The molecule has 0 saturated carbocycles. The molecule has 0 bridgehead atoms. The summed E-state index contributed by atoms with van der Waals surface area (Å²) in [6, 6.07) is 2.47. The molecule has 0 amide bonds. The van der Waals surface area contributed by atoms with E-state index < -0.39 is 17.6 Å². The predicted octanol–water partition coefficient (Wildman–Crippen LogP) is 2.58. The van der Waals surface area contributed by atoms with E-state index in [-0.39, 0.29) is 11.6 Å². The molecular formula is C11H10F4N2. The molecule has 92 valence electrons. The molecule has 0 saturated heterocycles. The van der Waals surface area contributed by atoms with Crippen molar-refractivity contribution in [1.82, 2.24) is 5.32 Å². The van der Waals surface area contributed by atoms with Crippen molar-refractivity contribution in [3.8, 4) is 0 Å². The van der Waals surface area contributed by atoms with Crippen molar-refractivity contribution in [3.05, 3.63) is 35.1 Å². The summed E-state index contributed by atoms with van der Waals surface area (Å²) in [5.74, 6) is -0.610. The molecule has 0 aromatic heterocycles. The fraction of sp³-hybridized carbons (Fsp3) is 0.364. The molecule has 1 atom stereocenters. The summed E-state index contributed by atoms with van der Waals surface area (Å²) in [5, 5.41) is 2.89. The summed E-state index contributed by atoms with van der Waals surface area (Å²) < 4.78 is 50.6. The standard InChI is InChI=1S/C11H10F4N2/c1-6-5-16-10(17-6)7-2-8(11(13,14)15)4-9(12)3-7/h2-4,6H,5H2,1H3,(H,16,17). The van der Waals surface area contributed by atoms with Gasteiger partial charge >= 0.3 is 6.18 Å². The third kappa shape index (κ3) is 2.57. The van der Waals surface area contributed by atoms with Crippen molar-refractivity contribution in [3.63, 3.8) is 0 Å². The quantitative estimate of drug-likeness (QED) is 0.757. The number of benzene rings is 1. The second-order valence-corrected chi connectivity index (χ2v) is 3.96. The lowest BCUT2D eigenvalue weighted by Gasteiger charge is -2.10. The maximum absolute atomic E-state index is 13.1. The largest absolute Gasteiger partial charge is 0.416 e. The molecule has 1 N–H and O–H groups in total. The first-order chi connectivity index (χ1) is 7.86. The molecule has 6 heteroatoms. The number of hydrogen-bond donors (Lipinski definition) is 1. The Labute approximate surface area is 95.4 Å². The molecule has 2 nitrogen and oxygen atoms in total. The molecule has 1 heterocycles. The Morgan fingerprint density at radius 2 is 2.00 bits per heavy atom. The topological polar surface area (TPSA) is 24.4 Å². The van der Waals surface area contributed by atoms with Crippen molar-refractivity contribution in [2.75, 3.05) is 6.54 Å². The Bertz CT molecular complexity index is 465. The second kappa shape index (κ2) is 4.01. The van der Waals surface area contributed by atoms with Gasteiger partial charge in [-0.3, -0.25) is 4.99 Å². The fourth-order valence-corrected chi connectivity index (χ4v) is 1.62. The number of rotatable bonds is 1. The molecule has 1 aliphatic heterocycles. The molecular weight excluding hydrogens is 236 g/mol. The lowest BCUT2D eigenvalue weighted by molar-refractivity contribution is -0.137. The average molecular weight is 246 g/mol. The summed E-state index contributed by atoms with van der Waals surface area (Å²) in [6.45, 7) is 2.33. The number of amidine groups is 1. The smallest absolute Gasteiger partial charge is 0.366 e. The Hall–Kier alpha value is -1.59. The van der Waals surface area contributed by atoms with Gasteiger partial charge in [-0.2, -0.15) is 13.2 Å². The van der Waals surface area contributed by atoms with Crippen molar-refractivity contribution in [1.29, 1.82) is 0 Å². The van der Waals surface area contributed by atoms with Crippen LogP contribution in [0.15, 0.2) is 23.2 Å². The third-order valence-electron chi connectivity index (χ3n) is 2.40. The van der Waals surface area contributed by atoms with Crippen LogP contribution in [0.4, 0.5) is 17.6 Å². The van der Waals surface area contributed by atoms with Crippen molar-refractivity contribution in [2.45, 2.75) is 19.1 Å². The molecule has 0 spiro atoms. The Kier molecular flexibility index (Phi) is 2.81. The van der Waals surface area contributed by atoms with Gasteiger partial charge < -0.3 is 5.32 Å². The minimum absolute atomic E-state index is 0.0580. The third-order valence-corrected chi connectivity index (χ3v) is 2.40. The molecule has 0 fully saturated rings. The van der Waals surface area contributed by atoms with Gasteiger partial charge in [0.1, 0.15) is 11.7 Å². The Morgan fingerprint density at radius 1 is 1.29 bits per heavy atom. The van der Waals surface area contributed by atoms with E-state index in [1.165, 1.54) is 0 Å². The van der Waals surface area contributed by atoms with Gasteiger partial charge in [-0.05, 0) is 25.1 Å². The van der Waals surface area contributed by atoms with Crippen LogP contribution in [0.5, 0.6) is 0 Å². The van der Waals surface area contributed by atoms with Crippen molar-refractivity contribution >= 4 is 5.84 Å². The maximum atomic E-state index is 13.1. The van der Waals surface area contributed by atoms with Gasteiger partial charge in [-0.15, -0.1) is 0 Å². The highest BCUT2D eigenvalue weighted by Gasteiger charge is 2.32. The minimum atomic E-state index is -4.55. The fourth-order valence-electron chi connectivity index (χ4n) is 1.62. The summed E-state index contributed by atoms with van der Waals surface area (Å²) in [4.78, 5) is 4.02. The van der Waals surface area contributed by atoms with Crippen LogP contribution in [0.2, 0.25) is 0 Å². The Balaban J connectivity index is 2.39. The molecule has 0 radical (unpaired) electrons. The van der Waals surface area contributed by atoms with E-state index in [0.717, 1.165) is 12.1 Å². The monoisotopic (exact) mass is 246 g/mol. The number of aliphatic imine (C=N–C) groups is 1. The molecule has 1 unspecified atom stereocenters. The Morgan fingerprint density at radius 3 is 2.53 bits per heavy atom. The molecule has 1 aromatic carbocycles. The number of nitrogens with zero attached hydrogens (tertiary/aromatic N) is 1. The number of halogens is 4. The van der Waals surface area contributed by atoms with Crippen LogP contribution in [0, 0.1) is 5.82 Å². The van der Waals surface area contributed by atoms with Gasteiger partial charge in [0.25, 0.3) is 0 Å². The van der Waals surface area contributed by atoms with Crippen LogP contribution in [0.25, 0.3) is 0 Å². The van der Waals surface area contributed by atoms with Crippen LogP contribution in [-0.2, 0) is 6.18 Å². The lowest BCUT2D eigenvalue weighted by Crippen LogP contribution is -2.28. The first-order valence-electron chi connectivity index (χ1n) is 5.05. The van der Waals surface area contributed by atoms with E-state index >= 15 is 0 Å². The van der Waals surface area contributed by atoms with Crippen molar-refractivity contribution < 1.29 is 17.6 Å². The highest BCUT2D eigenvalue weighted by molar-refractivity contribution is 6.00. The number of hydrogen-bond acceptors (Lipinski definition) is 2. The molecule has 1 aliphatic rings. The summed E-state index contributed by atoms with van der Waals surface area (Å²) >= 11 is 0. The zero-order chi connectivity index (χ0) is 12.6. The normalized spacial score (nSPS) is 20.1. The summed E-state index contributed by atoms with van der Waals surface area (Å²) in [7, 11) is 0. The summed E-state index contributed by atoms with van der Waals surface area (Å²) in [5.41, 5.74) is -0.877. The van der Waals surface area contributed by atoms with Gasteiger partial charge in [0.05, 0.1) is 12.1 Å². The first kappa shape index (κ1) is 11.9. The average Bonchev–Trinajstić information content (AvgIpc) is 2.62. The van der Waals surface area contributed by atoms with E-state index in [4.69, 9.17) is 0 Å². The first-order valence-corrected chi connectivity index (χ1v) is 5.05. The van der Waals surface area contributed by atoms with E-state index in [1.54, 1.807) is 0 Å². The van der Waals surface area contributed by atoms with Gasteiger partial charge in [0, 0.05) is 11.6 Å². The van der Waals surface area contributed by atoms with Gasteiger partial charge in [-0.25, -0.2) is 4.39 Å². The van der Waals surface area contributed by atoms with E-state index in [9.17, 15) is 17.6 Å². The molecule has 0 aliphatic carbocycles. The van der Waals surface area contributed by atoms with Gasteiger partial charge in [0.15, 0.2) is 0 Å². The van der Waals surface area contributed by atoms with Crippen LogP contribution in [-0.4, -0.2) is 18.4 Å². The predicted molar refractivity (Wildman–Crippen MR) is 55.4 cm³/mol. The zero-order valence-electron chi connectivity index (χ0n) is 8.98. The minimum Gasteiger partial charge on any atom is -0.366 e. The highest BCUT2D eigenvalue weighted by atomic mass is 19.4. The number of nitrogens with one attached hydrogen (secondary N) is 1. The summed E-state index contributed by atoms with van der Waals surface area (Å²) in [6.07, 6.45) is -4.55. The lowest BCUT2D eigenvalue weighted by atomic mass is 10.1. The van der Waals surface area contributed by atoms with Crippen molar-refractivity contribution in [2.24, 2.45) is 4.99 Å². The SMILES string of the molecule is CC1CN=C(c2cc(F)cc(C(F)(F)F)c2)N1. The molecule has 1 aromatic rings. The second-order valence-electron chi connectivity index (χ2n) is 3.96. The van der Waals surface area contributed by atoms with Crippen LogP contribution in [0.3, 0.4) is 0 Å². The van der Waals surface area contributed by atoms with Gasteiger partial charge in [0.2, 0.25) is 0 Å². The van der Waals surface area contributed by atoms with Crippen LogP contribution < -0.4 is 5.32 Å². The van der Waals surface area contributed by atoms with E-state index in [0.29, 0.717) is 18.4 Å². The van der Waals surface area contributed by atoms with Crippen LogP contribution in [0.1, 0.15) is 18.1 Å². The van der Waals surface area contributed by atoms with E-state index in [1.807, 2.05) is 6.92 Å². The maximum Gasteiger partial charge on any atom is 0.416 e. The molecule has 17 heavy (non-hydrogen) atoms. The highest BCUT2D eigenvalue weighted by Crippen LogP contribution is 2.30. The zero-order valence-corrected chi connectivity index (χ0v) is 8.98.